The van der Waals surface area contributed by atoms with Gasteiger partial charge in [0.1, 0.15) is 0 Å². The maximum atomic E-state index is 11.4. The lowest BCUT2D eigenvalue weighted by Gasteiger charge is -2.05. The number of anilines is 2. The van der Waals surface area contributed by atoms with E-state index in [1.165, 1.54) is 0 Å². The first kappa shape index (κ1) is 11.6. The van der Waals surface area contributed by atoms with Crippen LogP contribution >= 0.6 is 8.46 Å². The van der Waals surface area contributed by atoms with Crippen molar-refractivity contribution >= 4 is 19.8 Å². The minimum atomic E-state index is -0.434. The lowest BCUT2D eigenvalue weighted by atomic mass is 10.0. The van der Waals surface area contributed by atoms with Crippen LogP contribution in [0.15, 0.2) is 48.5 Å². The molecule has 0 fully saturated rings. The molecule has 2 aromatic carbocycles. The van der Waals surface area contributed by atoms with Gasteiger partial charge in [-0.15, -0.1) is 0 Å². The molecule has 0 aliphatic carbocycles. The largest absolute Gasteiger partial charge is 0.399 e. The summed E-state index contributed by atoms with van der Waals surface area (Å²) in [5.41, 5.74) is 14.6. The molecule has 0 aliphatic rings. The summed E-state index contributed by atoms with van der Waals surface area (Å²) in [6, 6.07) is 14.9. The molecule has 0 bridgehead atoms. The highest BCUT2D eigenvalue weighted by Gasteiger charge is 2.20. The molecule has 2 rings (SSSR count). The van der Waals surface area contributed by atoms with Crippen LogP contribution in [0, 0.1) is 0 Å². The van der Waals surface area contributed by atoms with Gasteiger partial charge in [-0.05, 0) is 24.3 Å². The molecular weight excluding hydrogens is 231 g/mol. The van der Waals surface area contributed by atoms with Crippen molar-refractivity contribution in [1.82, 2.24) is 0 Å². The van der Waals surface area contributed by atoms with Gasteiger partial charge in [0.05, 0.1) is 0 Å². The van der Waals surface area contributed by atoms with E-state index < -0.39 is 8.46 Å². The molecular formula is C13H14N2OP+. The third-order valence-corrected chi connectivity index (χ3v) is 3.56. The highest BCUT2D eigenvalue weighted by atomic mass is 31.1. The second kappa shape index (κ2) is 4.98. The maximum Gasteiger partial charge on any atom is 0.337 e. The Morgan fingerprint density at radius 2 is 1.12 bits per heavy atom. The van der Waals surface area contributed by atoms with Crippen molar-refractivity contribution < 1.29 is 4.57 Å². The average Bonchev–Trinajstić information content (AvgIpc) is 2.35. The molecule has 0 aromatic heterocycles. The molecule has 0 spiro atoms. The first-order valence-electron chi connectivity index (χ1n) is 5.29. The molecule has 1 atom stereocenters. The Hall–Kier alpha value is -1.86. The lowest BCUT2D eigenvalue weighted by Crippen LogP contribution is -1.95. The van der Waals surface area contributed by atoms with Gasteiger partial charge < -0.3 is 11.5 Å². The van der Waals surface area contributed by atoms with Crippen LogP contribution in [0.4, 0.5) is 11.4 Å². The van der Waals surface area contributed by atoms with E-state index in [0.717, 1.165) is 11.1 Å². The molecule has 17 heavy (non-hydrogen) atoms. The predicted octanol–water partition coefficient (Wildman–Crippen LogP) is 2.96. The third-order valence-electron chi connectivity index (χ3n) is 2.66. The van der Waals surface area contributed by atoms with E-state index in [9.17, 15) is 4.57 Å². The van der Waals surface area contributed by atoms with E-state index in [1.54, 1.807) is 0 Å². The molecule has 3 nitrogen and oxygen atoms in total. The van der Waals surface area contributed by atoms with Crippen LogP contribution in [0.1, 0.15) is 16.8 Å². The number of nitrogen functional groups attached to an aromatic ring is 2. The fourth-order valence-electron chi connectivity index (χ4n) is 1.71. The number of hydrogen-bond acceptors (Lipinski definition) is 3. The molecule has 1 unspecified atom stereocenters. The molecule has 4 heteroatoms. The minimum Gasteiger partial charge on any atom is -0.399 e. The van der Waals surface area contributed by atoms with Crippen LogP contribution in [-0.4, -0.2) is 0 Å². The Morgan fingerprint density at radius 1 is 0.765 bits per heavy atom. The van der Waals surface area contributed by atoms with Gasteiger partial charge in [0.25, 0.3) is 0 Å². The molecule has 0 saturated carbocycles. The summed E-state index contributed by atoms with van der Waals surface area (Å²) >= 11 is 0. The quantitative estimate of drug-likeness (QED) is 0.645. The minimum absolute atomic E-state index is 0.115. The Bertz CT molecular complexity index is 462. The van der Waals surface area contributed by atoms with Crippen molar-refractivity contribution in [1.29, 1.82) is 0 Å². The molecule has 0 saturated heterocycles. The fraction of sp³-hybridized carbons (Fsp3) is 0.0769. The maximum absolute atomic E-state index is 11.4. The summed E-state index contributed by atoms with van der Waals surface area (Å²) < 4.78 is 11.4. The van der Waals surface area contributed by atoms with Crippen molar-refractivity contribution in [3.8, 4) is 0 Å². The van der Waals surface area contributed by atoms with Crippen molar-refractivity contribution in [3.63, 3.8) is 0 Å². The van der Waals surface area contributed by atoms with Gasteiger partial charge in [-0.1, -0.05) is 28.8 Å². The van der Waals surface area contributed by atoms with Crippen molar-refractivity contribution in [3.05, 3.63) is 59.7 Å². The number of benzene rings is 2. The molecule has 86 valence electrons. The van der Waals surface area contributed by atoms with E-state index in [0.29, 0.717) is 11.4 Å². The van der Waals surface area contributed by atoms with Gasteiger partial charge >= 0.3 is 8.46 Å². The van der Waals surface area contributed by atoms with E-state index in [4.69, 9.17) is 11.5 Å². The lowest BCUT2D eigenvalue weighted by molar-refractivity contribution is 0.595. The second-order valence-corrected chi connectivity index (χ2v) is 4.70. The van der Waals surface area contributed by atoms with Gasteiger partial charge in [-0.3, -0.25) is 0 Å². The zero-order valence-electron chi connectivity index (χ0n) is 9.26. The van der Waals surface area contributed by atoms with E-state index in [2.05, 4.69) is 0 Å². The van der Waals surface area contributed by atoms with Crippen molar-refractivity contribution in [2.75, 3.05) is 11.5 Å². The van der Waals surface area contributed by atoms with E-state index in [-0.39, 0.29) is 5.66 Å². The normalized spacial score (nSPS) is 10.9. The summed E-state index contributed by atoms with van der Waals surface area (Å²) in [6.45, 7) is 0. The summed E-state index contributed by atoms with van der Waals surface area (Å²) in [4.78, 5) is 0. The monoisotopic (exact) mass is 245 g/mol. The fourth-order valence-corrected chi connectivity index (χ4v) is 2.36. The first-order chi connectivity index (χ1) is 8.20. The number of hydrogen-bond donors (Lipinski definition) is 2. The summed E-state index contributed by atoms with van der Waals surface area (Å²) in [5, 5.41) is 0. The highest BCUT2D eigenvalue weighted by Crippen LogP contribution is 2.34. The van der Waals surface area contributed by atoms with Gasteiger partial charge in [0.15, 0.2) is 0 Å². The summed E-state index contributed by atoms with van der Waals surface area (Å²) in [5.74, 6) is 0. The highest BCUT2D eigenvalue weighted by molar-refractivity contribution is 7.24. The summed E-state index contributed by atoms with van der Waals surface area (Å²) in [6.07, 6.45) is 0. The second-order valence-electron chi connectivity index (χ2n) is 3.88. The molecule has 4 N–H and O–H groups in total. The Kier molecular flexibility index (Phi) is 3.40. The smallest absolute Gasteiger partial charge is 0.337 e. The third kappa shape index (κ3) is 2.63. The summed E-state index contributed by atoms with van der Waals surface area (Å²) in [7, 11) is -0.434. The van der Waals surface area contributed by atoms with Crippen LogP contribution in [0.25, 0.3) is 0 Å². The van der Waals surface area contributed by atoms with Crippen LogP contribution in [0.5, 0.6) is 0 Å². The van der Waals surface area contributed by atoms with Gasteiger partial charge in [-0.2, -0.15) is 0 Å². The van der Waals surface area contributed by atoms with Gasteiger partial charge in [-0.25, -0.2) is 0 Å². The van der Waals surface area contributed by atoms with Crippen molar-refractivity contribution in [2.24, 2.45) is 0 Å². The SMILES string of the molecule is Nc1ccc(C([PH+]=O)c2ccc(N)cc2)cc1. The molecule has 2 aromatic rings. The zero-order valence-corrected chi connectivity index (χ0v) is 10.3. The average molecular weight is 245 g/mol. The van der Waals surface area contributed by atoms with Crippen LogP contribution in [-0.2, 0) is 4.57 Å². The molecule has 0 aliphatic heterocycles. The van der Waals surface area contributed by atoms with Gasteiger partial charge in [0, 0.05) is 22.5 Å². The molecule has 0 amide bonds. The molecule has 0 radical (unpaired) electrons. The number of nitrogens with two attached hydrogens (primary N) is 2. The standard InChI is InChI=1S/C13H13N2OP/c14-11-5-1-9(2-6-11)13(17-16)10-3-7-12(15)8-4-10/h1-8,13H,14-15H2/p+1. The first-order valence-corrected chi connectivity index (χ1v) is 6.28. The number of rotatable bonds is 3. The van der Waals surface area contributed by atoms with Crippen LogP contribution < -0.4 is 11.5 Å². The predicted molar refractivity (Wildman–Crippen MR) is 72.6 cm³/mol. The topological polar surface area (TPSA) is 69.1 Å². The van der Waals surface area contributed by atoms with E-state index >= 15 is 0 Å². The van der Waals surface area contributed by atoms with Crippen LogP contribution in [0.3, 0.4) is 0 Å². The van der Waals surface area contributed by atoms with Gasteiger partial charge in [0.2, 0.25) is 5.66 Å². The molecule has 0 heterocycles. The van der Waals surface area contributed by atoms with E-state index in [1.807, 2.05) is 48.5 Å². The Balaban J connectivity index is 2.36. The Labute approximate surface area is 102 Å². The van der Waals surface area contributed by atoms with Crippen molar-refractivity contribution in [2.45, 2.75) is 5.66 Å². The zero-order chi connectivity index (χ0) is 12.3. The van der Waals surface area contributed by atoms with Crippen LogP contribution in [0.2, 0.25) is 0 Å². The Morgan fingerprint density at radius 3 is 1.41 bits per heavy atom.